The quantitative estimate of drug-likeness (QED) is 0.841. The van der Waals surface area contributed by atoms with Crippen LogP contribution in [0.15, 0.2) is 48.5 Å². The van der Waals surface area contributed by atoms with Gasteiger partial charge in [-0.25, -0.2) is 8.78 Å². The highest BCUT2D eigenvalue weighted by Crippen LogP contribution is 2.37. The Morgan fingerprint density at radius 1 is 1.05 bits per heavy atom. The van der Waals surface area contributed by atoms with Crippen molar-refractivity contribution in [3.8, 4) is 0 Å². The lowest BCUT2D eigenvalue weighted by Crippen LogP contribution is -2.25. The molecule has 3 atom stereocenters. The van der Waals surface area contributed by atoms with Crippen molar-refractivity contribution in [1.29, 1.82) is 0 Å². The summed E-state index contributed by atoms with van der Waals surface area (Å²) in [5.41, 5.74) is 7.79. The predicted octanol–water partition coefficient (Wildman–Crippen LogP) is 4.79. The molecule has 0 saturated heterocycles. The minimum atomic E-state index is -0.580. The Kier molecular flexibility index (Phi) is 5.07. The Labute approximate surface area is 124 Å². The molecule has 0 aliphatic rings. The van der Waals surface area contributed by atoms with Crippen LogP contribution in [0, 0.1) is 17.6 Å². The molecule has 0 bridgehead atoms. The SMILES string of the molecule is CCC(C)C(c1ccccc1)C(N)c1ccc(F)cc1F. The number of nitrogens with two attached hydrogens (primary N) is 1. The third kappa shape index (κ3) is 3.48. The zero-order chi connectivity index (χ0) is 15.4. The maximum Gasteiger partial charge on any atom is 0.130 e. The molecule has 0 heterocycles. The van der Waals surface area contributed by atoms with Gasteiger partial charge >= 0.3 is 0 Å². The van der Waals surface area contributed by atoms with Crippen LogP contribution in [0.1, 0.15) is 43.4 Å². The fourth-order valence-corrected chi connectivity index (χ4v) is 2.78. The summed E-state index contributed by atoms with van der Waals surface area (Å²) in [6.45, 7) is 4.20. The lowest BCUT2D eigenvalue weighted by atomic mass is 9.78. The molecule has 112 valence electrons. The highest BCUT2D eigenvalue weighted by atomic mass is 19.1. The van der Waals surface area contributed by atoms with E-state index in [1.807, 2.05) is 30.3 Å². The van der Waals surface area contributed by atoms with Crippen LogP contribution >= 0.6 is 0 Å². The van der Waals surface area contributed by atoms with Gasteiger partial charge in [0.05, 0.1) is 0 Å². The summed E-state index contributed by atoms with van der Waals surface area (Å²) in [6, 6.07) is 13.0. The zero-order valence-corrected chi connectivity index (χ0v) is 12.4. The molecule has 2 aromatic carbocycles. The topological polar surface area (TPSA) is 26.0 Å². The molecule has 0 fully saturated rings. The minimum Gasteiger partial charge on any atom is -0.323 e. The monoisotopic (exact) mass is 289 g/mol. The Morgan fingerprint density at radius 3 is 2.29 bits per heavy atom. The first-order chi connectivity index (χ1) is 10.0. The lowest BCUT2D eigenvalue weighted by molar-refractivity contribution is 0.379. The van der Waals surface area contributed by atoms with Crippen LogP contribution in [-0.4, -0.2) is 0 Å². The third-order valence-corrected chi connectivity index (χ3v) is 4.15. The summed E-state index contributed by atoms with van der Waals surface area (Å²) in [6.07, 6.45) is 0.941. The molecule has 0 saturated carbocycles. The molecule has 0 radical (unpaired) electrons. The molecule has 0 aliphatic heterocycles. The Morgan fingerprint density at radius 2 is 1.71 bits per heavy atom. The van der Waals surface area contributed by atoms with Crippen molar-refractivity contribution in [3.05, 3.63) is 71.3 Å². The minimum absolute atomic E-state index is 0.00355. The van der Waals surface area contributed by atoms with Crippen LogP contribution in [0.5, 0.6) is 0 Å². The van der Waals surface area contributed by atoms with Crippen molar-refractivity contribution in [2.24, 2.45) is 11.7 Å². The van der Waals surface area contributed by atoms with E-state index in [1.165, 1.54) is 12.1 Å². The number of halogens is 2. The van der Waals surface area contributed by atoms with Crippen LogP contribution in [0.25, 0.3) is 0 Å². The number of rotatable bonds is 5. The van der Waals surface area contributed by atoms with Gasteiger partial charge in [0.15, 0.2) is 0 Å². The first-order valence-corrected chi connectivity index (χ1v) is 7.30. The molecule has 2 rings (SSSR count). The summed E-state index contributed by atoms with van der Waals surface area (Å²) in [5.74, 6) is -0.863. The molecule has 2 N–H and O–H groups in total. The Hall–Kier alpha value is -1.74. The van der Waals surface area contributed by atoms with Gasteiger partial charge < -0.3 is 5.73 Å². The maximum atomic E-state index is 14.0. The van der Waals surface area contributed by atoms with Gasteiger partial charge in [-0.05, 0) is 17.5 Å². The Balaban J connectivity index is 2.41. The zero-order valence-electron chi connectivity index (χ0n) is 12.4. The van der Waals surface area contributed by atoms with E-state index in [1.54, 1.807) is 0 Å². The Bertz CT molecular complexity index is 583. The van der Waals surface area contributed by atoms with Crippen LogP contribution in [0.4, 0.5) is 8.78 Å². The summed E-state index contributed by atoms with van der Waals surface area (Å²) >= 11 is 0. The van der Waals surface area contributed by atoms with Crippen LogP contribution in [-0.2, 0) is 0 Å². The molecule has 2 aromatic rings. The van der Waals surface area contributed by atoms with E-state index >= 15 is 0 Å². The second-order valence-corrected chi connectivity index (χ2v) is 5.51. The summed E-state index contributed by atoms with van der Waals surface area (Å²) in [5, 5.41) is 0. The molecule has 1 nitrogen and oxygen atoms in total. The van der Waals surface area contributed by atoms with E-state index in [0.29, 0.717) is 11.5 Å². The fraction of sp³-hybridized carbons (Fsp3) is 0.333. The van der Waals surface area contributed by atoms with Gasteiger partial charge in [-0.3, -0.25) is 0 Å². The van der Waals surface area contributed by atoms with Crippen LogP contribution in [0.2, 0.25) is 0 Å². The summed E-state index contributed by atoms with van der Waals surface area (Å²) in [7, 11) is 0. The molecular weight excluding hydrogens is 268 g/mol. The highest BCUT2D eigenvalue weighted by molar-refractivity contribution is 5.29. The highest BCUT2D eigenvalue weighted by Gasteiger charge is 2.27. The second kappa shape index (κ2) is 6.81. The molecule has 3 heteroatoms. The van der Waals surface area contributed by atoms with Crippen molar-refractivity contribution in [3.63, 3.8) is 0 Å². The molecule has 0 aliphatic carbocycles. The van der Waals surface area contributed by atoms with Gasteiger partial charge in [-0.2, -0.15) is 0 Å². The average molecular weight is 289 g/mol. The van der Waals surface area contributed by atoms with E-state index in [9.17, 15) is 8.78 Å². The van der Waals surface area contributed by atoms with E-state index in [-0.39, 0.29) is 5.92 Å². The van der Waals surface area contributed by atoms with Gasteiger partial charge in [0.1, 0.15) is 11.6 Å². The van der Waals surface area contributed by atoms with E-state index < -0.39 is 17.7 Å². The van der Waals surface area contributed by atoms with Crippen molar-refractivity contribution in [2.45, 2.75) is 32.2 Å². The first-order valence-electron chi connectivity index (χ1n) is 7.30. The summed E-state index contributed by atoms with van der Waals surface area (Å²) < 4.78 is 27.1. The normalized spacial score (nSPS) is 15.5. The number of hydrogen-bond donors (Lipinski definition) is 1. The lowest BCUT2D eigenvalue weighted by Gasteiger charge is -2.30. The van der Waals surface area contributed by atoms with E-state index in [0.717, 1.165) is 18.1 Å². The molecular formula is C18H21F2N. The van der Waals surface area contributed by atoms with Gasteiger partial charge in [0.2, 0.25) is 0 Å². The number of hydrogen-bond acceptors (Lipinski definition) is 1. The van der Waals surface area contributed by atoms with Crippen LogP contribution < -0.4 is 5.73 Å². The fourth-order valence-electron chi connectivity index (χ4n) is 2.78. The van der Waals surface area contributed by atoms with Crippen molar-refractivity contribution in [2.75, 3.05) is 0 Å². The van der Waals surface area contributed by atoms with Gasteiger partial charge in [0.25, 0.3) is 0 Å². The standard InChI is InChI=1S/C18H21F2N/c1-3-12(2)17(13-7-5-4-6-8-13)18(21)15-10-9-14(19)11-16(15)20/h4-12,17-18H,3,21H2,1-2H3. The average Bonchev–Trinajstić information content (AvgIpc) is 2.48. The first kappa shape index (κ1) is 15.6. The maximum absolute atomic E-state index is 14.0. The van der Waals surface area contributed by atoms with Crippen molar-refractivity contribution in [1.82, 2.24) is 0 Å². The molecule has 0 amide bonds. The van der Waals surface area contributed by atoms with E-state index in [2.05, 4.69) is 13.8 Å². The van der Waals surface area contributed by atoms with Gasteiger partial charge in [-0.1, -0.05) is 56.7 Å². The largest absolute Gasteiger partial charge is 0.323 e. The van der Waals surface area contributed by atoms with Gasteiger partial charge in [-0.15, -0.1) is 0 Å². The number of benzene rings is 2. The predicted molar refractivity (Wildman–Crippen MR) is 81.9 cm³/mol. The van der Waals surface area contributed by atoms with E-state index in [4.69, 9.17) is 5.73 Å². The summed E-state index contributed by atoms with van der Waals surface area (Å²) in [4.78, 5) is 0. The molecule has 3 unspecified atom stereocenters. The third-order valence-electron chi connectivity index (χ3n) is 4.15. The molecule has 21 heavy (non-hydrogen) atoms. The second-order valence-electron chi connectivity index (χ2n) is 5.51. The molecule has 0 spiro atoms. The molecule has 0 aromatic heterocycles. The van der Waals surface area contributed by atoms with Gasteiger partial charge in [0, 0.05) is 23.6 Å². The van der Waals surface area contributed by atoms with Crippen LogP contribution in [0.3, 0.4) is 0 Å². The van der Waals surface area contributed by atoms with Crippen molar-refractivity contribution >= 4 is 0 Å². The smallest absolute Gasteiger partial charge is 0.130 e. The van der Waals surface area contributed by atoms with Crippen molar-refractivity contribution < 1.29 is 8.78 Å².